The molecular weight excluding hydrogens is 1240 g/mol. The zero-order chi connectivity index (χ0) is 69.1. The van der Waals surface area contributed by atoms with E-state index in [2.05, 4.69) is 30.5 Å². The van der Waals surface area contributed by atoms with Gasteiger partial charge in [-0.05, 0) is 139 Å². The van der Waals surface area contributed by atoms with E-state index >= 15 is 0 Å². The number of nitrogens with one attached hydrogen (secondary N) is 5. The first-order chi connectivity index (χ1) is 46.1. The van der Waals surface area contributed by atoms with E-state index in [-0.39, 0.29) is 70.2 Å². The normalized spacial score (nSPS) is 13.6. The van der Waals surface area contributed by atoms with Crippen molar-refractivity contribution in [1.29, 1.82) is 5.41 Å². The summed E-state index contributed by atoms with van der Waals surface area (Å²) in [6.45, 7) is 16.8. The first-order valence-electron chi connectivity index (χ1n) is 33.1. The number of hydrogen-bond donors (Lipinski definition) is 5. The van der Waals surface area contributed by atoms with Crippen LogP contribution in [0.2, 0.25) is 0 Å². The Bertz CT molecular complexity index is 3980. The molecule has 0 bridgehead atoms. The van der Waals surface area contributed by atoms with Crippen molar-refractivity contribution in [3.05, 3.63) is 123 Å². The molecule has 4 aromatic carbocycles. The maximum atomic E-state index is 13.9. The molecule has 0 radical (unpaired) electrons. The Morgan fingerprint density at radius 2 is 1.44 bits per heavy atom. The number of benzene rings is 4. The lowest BCUT2D eigenvalue weighted by molar-refractivity contribution is -0.122. The number of allylic oxidation sites excluding steroid dienone is 4. The Morgan fingerprint density at radius 3 is 2.11 bits per heavy atom. The Hall–Kier alpha value is -9.00. The molecule has 1 saturated heterocycles. The summed E-state index contributed by atoms with van der Waals surface area (Å²) in [6.07, 6.45) is 12.1. The molecule has 0 unspecified atom stereocenters. The van der Waals surface area contributed by atoms with Crippen molar-refractivity contribution in [3.63, 3.8) is 0 Å². The third-order valence-electron chi connectivity index (χ3n) is 17.0. The molecule has 5 N–H and O–H groups in total. The number of fused-ring (bicyclic) bond motifs is 1. The van der Waals surface area contributed by atoms with Gasteiger partial charge in [-0.1, -0.05) is 31.4 Å². The minimum absolute atomic E-state index is 0.0438. The second-order valence-corrected chi connectivity index (χ2v) is 26.6. The number of methoxy groups -OCH3 is 2. The second kappa shape index (κ2) is 34.6. The molecule has 3 heterocycles. The van der Waals surface area contributed by atoms with Gasteiger partial charge < -0.3 is 49.9 Å². The fourth-order valence-corrected chi connectivity index (χ4v) is 12.9. The van der Waals surface area contributed by atoms with E-state index in [0.29, 0.717) is 115 Å². The molecule has 0 spiro atoms. The maximum absolute atomic E-state index is 13.9. The lowest BCUT2D eigenvalue weighted by Crippen LogP contribution is -2.48. The van der Waals surface area contributed by atoms with Crippen LogP contribution in [-0.2, 0) is 38.5 Å². The van der Waals surface area contributed by atoms with Crippen LogP contribution >= 0.6 is 0 Å². The Kier molecular flexibility index (Phi) is 26.2. The molecule has 24 heteroatoms. The van der Waals surface area contributed by atoms with Crippen LogP contribution < -0.4 is 54.9 Å². The van der Waals surface area contributed by atoms with E-state index < -0.39 is 10.0 Å². The zero-order valence-corrected chi connectivity index (χ0v) is 58.1. The molecule has 0 atom stereocenters. The number of hydrogen-bond acceptors (Lipinski definition) is 18. The third-order valence-corrected chi connectivity index (χ3v) is 18.4. The van der Waals surface area contributed by atoms with Crippen LogP contribution in [0.1, 0.15) is 121 Å². The molecule has 6 aromatic rings. The fraction of sp³-hybridized carbons (Fsp3) is 0.458. The number of imidazole rings is 1. The molecule has 8 rings (SSSR count). The number of Topliss-reactive ketones (excluding diaryl/α,β-unsaturated/α-hetero) is 2. The Balaban J connectivity index is 0.701. The first-order valence-corrected chi connectivity index (χ1v) is 34.6. The van der Waals surface area contributed by atoms with Crippen LogP contribution in [0.4, 0.5) is 17.2 Å². The molecule has 516 valence electrons. The Labute approximate surface area is 564 Å². The van der Waals surface area contributed by atoms with E-state index in [0.717, 1.165) is 99.3 Å². The van der Waals surface area contributed by atoms with Gasteiger partial charge in [-0.15, -0.1) is 0 Å². The molecule has 23 nitrogen and oxygen atoms in total. The maximum Gasteiger partial charge on any atom is 0.328 e. The summed E-state index contributed by atoms with van der Waals surface area (Å²) in [5.74, 6) is 2.81. The number of aryl methyl sites for hydroxylation is 2. The summed E-state index contributed by atoms with van der Waals surface area (Å²) in [5, 5.41) is 17.8. The summed E-state index contributed by atoms with van der Waals surface area (Å²) in [6, 6.07) is 20.5. The van der Waals surface area contributed by atoms with Crippen LogP contribution in [0.15, 0.2) is 111 Å². The van der Waals surface area contributed by atoms with Gasteiger partial charge in [0, 0.05) is 150 Å². The number of aromatic nitrogens is 3. The van der Waals surface area contributed by atoms with Gasteiger partial charge in [-0.3, -0.25) is 42.8 Å². The number of amides is 2. The topological polar surface area (TPSA) is 270 Å². The number of sulfonamides is 1. The average molecular weight is 1340 g/mol. The molecule has 2 amide bonds. The zero-order valence-electron chi connectivity index (χ0n) is 57.3. The summed E-state index contributed by atoms with van der Waals surface area (Å²) >= 11 is 0. The summed E-state index contributed by atoms with van der Waals surface area (Å²) in [7, 11) is 3.80. The summed E-state index contributed by atoms with van der Waals surface area (Å²) in [5.41, 5.74) is 6.76. The minimum Gasteiger partial charge on any atom is -0.493 e. The van der Waals surface area contributed by atoms with Crippen LogP contribution in [0.3, 0.4) is 0 Å². The number of carbonyl (C=O) groups excluding carboxylic acids is 4. The minimum atomic E-state index is -4.22. The average Bonchev–Trinajstić information content (AvgIpc) is 1.58. The van der Waals surface area contributed by atoms with Gasteiger partial charge in [0.05, 0.1) is 55.6 Å². The third kappa shape index (κ3) is 19.8. The number of piperazine rings is 1. The lowest BCUT2D eigenvalue weighted by atomic mass is 9.88. The van der Waals surface area contributed by atoms with Crippen LogP contribution in [0.5, 0.6) is 34.5 Å². The Morgan fingerprint density at radius 1 is 0.740 bits per heavy atom. The van der Waals surface area contributed by atoms with Crippen LogP contribution in [0, 0.1) is 5.41 Å². The lowest BCUT2D eigenvalue weighted by Gasteiger charge is -2.35. The number of ketones is 2. The number of ether oxygens (including phenoxy) is 5. The van der Waals surface area contributed by atoms with Gasteiger partial charge in [0.15, 0.2) is 28.8 Å². The van der Waals surface area contributed by atoms with Crippen molar-refractivity contribution in [2.24, 2.45) is 14.1 Å². The molecule has 2 aliphatic rings. The molecule has 2 aromatic heterocycles. The predicted octanol–water partition coefficient (Wildman–Crippen LogP) is 10.5. The van der Waals surface area contributed by atoms with E-state index in [4.69, 9.17) is 34.1 Å². The van der Waals surface area contributed by atoms with Gasteiger partial charge in [0.2, 0.25) is 11.8 Å². The first kappa shape index (κ1) is 72.8. The van der Waals surface area contributed by atoms with Gasteiger partial charge >= 0.3 is 5.69 Å². The highest BCUT2D eigenvalue weighted by Crippen LogP contribution is 2.39. The standard InChI is InChI=1S/C72H95N11O12S/c1-11-33-93-53-39-54(41-55(40-53)95-67-44-63-62(80(7)72(88)81(63)8)43-61(67)78-96(89,90)56-20-23-66(91-9)68(42-56)92-10)94-34-17-16-27-79(6)47-71(87)74-25-15-13-12-14-18-70(86)75-26-28-82-29-31-83(32-30-82)69-24-19-51(46-76-69)52-37-58(59(45-73)60(38-52)77-48(2)3)64(84)22-21-57-50(5)35-49(4)36-65(57)85/h19-20,23-24,35,37-46,48,73,77-78H,11-18,21-22,25-34,36,47H2,1-10H3,(H,74,87)(H,75,86). The SMILES string of the molecule is CCCOc1cc(OCCCCN(C)CC(=O)NCCCCCCC(=O)NCCN2CCN(c3ccc(-c4cc(NC(C)C)c(C=N)c(C(=O)CCC5=C(C)C=C(C)CC5=O)c4)cn3)CC2)cc(Oc2cc3c(cc2NS(=O)(=O)c2ccc(OC)c(OC)c2)n(C)c(=O)n3C)c1. The number of rotatable bonds is 37. The molecule has 1 fully saturated rings. The van der Waals surface area contributed by atoms with Gasteiger partial charge in [0.1, 0.15) is 23.1 Å². The molecule has 0 saturated carbocycles. The van der Waals surface area contributed by atoms with Crippen molar-refractivity contribution in [3.8, 4) is 45.6 Å². The highest BCUT2D eigenvalue weighted by molar-refractivity contribution is 7.92. The molecular formula is C72H95N11O12S. The molecule has 96 heavy (non-hydrogen) atoms. The number of unbranched alkanes of at least 4 members (excludes halogenated alkanes) is 4. The number of likely N-dealkylation sites (N-methyl/N-ethyl adjacent to an activating group) is 1. The monoisotopic (exact) mass is 1340 g/mol. The van der Waals surface area contributed by atoms with Crippen LogP contribution in [-0.4, -0.2) is 161 Å². The van der Waals surface area contributed by atoms with Gasteiger partial charge in [-0.2, -0.15) is 0 Å². The van der Waals surface area contributed by atoms with E-state index in [9.17, 15) is 32.4 Å². The number of carbonyl (C=O) groups is 4. The van der Waals surface area contributed by atoms with E-state index in [1.54, 1.807) is 44.4 Å². The summed E-state index contributed by atoms with van der Waals surface area (Å²) in [4.78, 5) is 76.6. The van der Waals surface area contributed by atoms with Gasteiger partial charge in [-0.25, -0.2) is 18.2 Å². The predicted molar refractivity (Wildman–Crippen MR) is 377 cm³/mol. The highest BCUT2D eigenvalue weighted by atomic mass is 32.2. The van der Waals surface area contributed by atoms with Crippen molar-refractivity contribution in [2.45, 2.75) is 116 Å². The fourth-order valence-electron chi connectivity index (χ4n) is 11.9. The molecule has 1 aliphatic carbocycles. The number of anilines is 3. The smallest absolute Gasteiger partial charge is 0.328 e. The number of pyridine rings is 1. The van der Waals surface area contributed by atoms with E-state index in [1.165, 1.54) is 47.8 Å². The van der Waals surface area contributed by atoms with Crippen molar-refractivity contribution >= 4 is 67.8 Å². The largest absolute Gasteiger partial charge is 0.493 e. The second-order valence-electron chi connectivity index (χ2n) is 24.9. The summed E-state index contributed by atoms with van der Waals surface area (Å²) < 4.78 is 62.6. The number of nitrogens with zero attached hydrogens (tertiary/aromatic N) is 6. The van der Waals surface area contributed by atoms with E-state index in [1.807, 2.05) is 83.1 Å². The van der Waals surface area contributed by atoms with Crippen molar-refractivity contribution < 1.29 is 51.3 Å². The van der Waals surface area contributed by atoms with Crippen molar-refractivity contribution in [2.75, 3.05) is 108 Å². The van der Waals surface area contributed by atoms with Crippen LogP contribution in [0.25, 0.3) is 22.2 Å². The van der Waals surface area contributed by atoms with Gasteiger partial charge in [0.25, 0.3) is 10.0 Å². The van der Waals surface area contributed by atoms with Crippen molar-refractivity contribution in [1.82, 2.24) is 34.6 Å². The quantitative estimate of drug-likeness (QED) is 0.0138. The molecule has 1 aliphatic heterocycles. The highest BCUT2D eigenvalue weighted by Gasteiger charge is 2.26.